The number of ether oxygens (including phenoxy) is 2. The Balaban J connectivity index is 1.37. The number of amides is 2. The summed E-state index contributed by atoms with van der Waals surface area (Å²) in [4.78, 5) is 29.8. The van der Waals surface area contributed by atoms with Gasteiger partial charge in [0, 0.05) is 24.9 Å². The third kappa shape index (κ3) is 4.05. The van der Waals surface area contributed by atoms with Gasteiger partial charge < -0.3 is 19.7 Å². The van der Waals surface area contributed by atoms with Crippen molar-refractivity contribution in [3.63, 3.8) is 0 Å². The Labute approximate surface area is 188 Å². The summed E-state index contributed by atoms with van der Waals surface area (Å²) in [6.45, 7) is 4.44. The summed E-state index contributed by atoms with van der Waals surface area (Å²) in [6, 6.07) is 13.6. The molecule has 0 unspecified atom stereocenters. The monoisotopic (exact) mass is 435 g/mol. The molecule has 0 radical (unpaired) electrons. The summed E-state index contributed by atoms with van der Waals surface area (Å²) in [5, 5.41) is 2.93. The first-order valence-corrected chi connectivity index (χ1v) is 11.4. The third-order valence-electron chi connectivity index (χ3n) is 6.49. The van der Waals surface area contributed by atoms with Gasteiger partial charge in [-0.15, -0.1) is 0 Å². The predicted octanol–water partition coefficient (Wildman–Crippen LogP) is 3.75. The maximum absolute atomic E-state index is 13.5. The molecule has 0 spiro atoms. The molecule has 0 saturated carbocycles. The number of likely N-dealkylation sites (tertiary alicyclic amines) is 1. The Morgan fingerprint density at radius 1 is 1.09 bits per heavy atom. The van der Waals surface area contributed by atoms with Crippen molar-refractivity contribution in [3.8, 4) is 11.5 Å². The second kappa shape index (κ2) is 8.82. The SMILES string of the molecule is C[C@@H]1CC(=O)Nc2ccccc2N1C(=O)CN1CCC[C@@H]1c1ccc2c(c1)OCCCO2. The summed E-state index contributed by atoms with van der Waals surface area (Å²) in [5.74, 6) is 1.53. The average molecular weight is 436 g/mol. The molecule has 1 fully saturated rings. The number of para-hydroxylation sites is 2. The molecule has 1 N–H and O–H groups in total. The molecule has 3 aliphatic rings. The highest BCUT2D eigenvalue weighted by Crippen LogP contribution is 2.38. The molecule has 1 saturated heterocycles. The smallest absolute Gasteiger partial charge is 0.241 e. The second-order valence-corrected chi connectivity index (χ2v) is 8.77. The molecule has 7 heteroatoms. The second-order valence-electron chi connectivity index (χ2n) is 8.77. The van der Waals surface area contributed by atoms with Crippen LogP contribution in [0.1, 0.15) is 44.2 Å². The van der Waals surface area contributed by atoms with Crippen LogP contribution in [0, 0.1) is 0 Å². The van der Waals surface area contributed by atoms with Crippen LogP contribution in [-0.2, 0) is 9.59 Å². The van der Waals surface area contributed by atoms with Crippen LogP contribution in [0.15, 0.2) is 42.5 Å². The van der Waals surface area contributed by atoms with Gasteiger partial charge in [-0.05, 0) is 56.1 Å². The molecule has 3 heterocycles. The lowest BCUT2D eigenvalue weighted by atomic mass is 10.0. The highest BCUT2D eigenvalue weighted by molar-refractivity contribution is 6.04. The number of nitrogens with zero attached hydrogens (tertiary/aromatic N) is 2. The maximum atomic E-state index is 13.5. The number of hydrogen-bond acceptors (Lipinski definition) is 5. The van der Waals surface area contributed by atoms with Gasteiger partial charge in [0.2, 0.25) is 11.8 Å². The van der Waals surface area contributed by atoms with Gasteiger partial charge in [-0.3, -0.25) is 14.5 Å². The van der Waals surface area contributed by atoms with Crippen LogP contribution in [0.25, 0.3) is 0 Å². The van der Waals surface area contributed by atoms with Gasteiger partial charge in [0.1, 0.15) is 0 Å². The van der Waals surface area contributed by atoms with Crippen molar-refractivity contribution in [2.75, 3.05) is 36.5 Å². The average Bonchev–Trinajstić information content (AvgIpc) is 3.03. The van der Waals surface area contributed by atoms with Crippen molar-refractivity contribution in [1.82, 2.24) is 4.90 Å². The first-order valence-electron chi connectivity index (χ1n) is 11.4. The molecule has 7 nitrogen and oxygen atoms in total. The zero-order valence-electron chi connectivity index (χ0n) is 18.4. The first-order chi connectivity index (χ1) is 15.6. The minimum absolute atomic E-state index is 0.0164. The predicted molar refractivity (Wildman–Crippen MR) is 122 cm³/mol. The molecule has 0 aromatic heterocycles. The molecule has 2 aromatic rings. The lowest BCUT2D eigenvalue weighted by molar-refractivity contribution is -0.120. The standard InChI is InChI=1S/C25H29N3O4/c1-17-14-24(29)26-19-6-2-3-7-21(19)28(17)25(30)16-27-11-4-8-20(27)18-9-10-22-23(15-18)32-13-5-12-31-22/h2-3,6-7,9-10,15,17,20H,4-5,8,11-14,16H2,1H3,(H,26,29)/t17-,20-/m1/s1. The third-order valence-corrected chi connectivity index (χ3v) is 6.49. The van der Waals surface area contributed by atoms with Crippen LogP contribution in [-0.4, -0.2) is 49.1 Å². The van der Waals surface area contributed by atoms with E-state index in [0.29, 0.717) is 25.4 Å². The number of carbonyl (C=O) groups is 2. The first kappa shape index (κ1) is 20.8. The van der Waals surface area contributed by atoms with Crippen LogP contribution in [0.3, 0.4) is 0 Å². The summed E-state index contributed by atoms with van der Waals surface area (Å²) in [7, 11) is 0. The Hall–Kier alpha value is -3.06. The topological polar surface area (TPSA) is 71.1 Å². The number of fused-ring (bicyclic) bond motifs is 2. The van der Waals surface area contributed by atoms with E-state index in [1.807, 2.05) is 37.3 Å². The number of benzene rings is 2. The largest absolute Gasteiger partial charge is 0.490 e. The van der Waals surface area contributed by atoms with E-state index >= 15 is 0 Å². The highest BCUT2D eigenvalue weighted by atomic mass is 16.5. The van der Waals surface area contributed by atoms with Crippen molar-refractivity contribution < 1.29 is 19.1 Å². The Morgan fingerprint density at radius 3 is 2.78 bits per heavy atom. The number of carbonyl (C=O) groups excluding carboxylic acids is 2. The normalized spacial score (nSPS) is 23.2. The van der Waals surface area contributed by atoms with E-state index in [1.165, 1.54) is 0 Å². The fraction of sp³-hybridized carbons (Fsp3) is 0.440. The van der Waals surface area contributed by atoms with E-state index < -0.39 is 0 Å². The fourth-order valence-electron chi connectivity index (χ4n) is 5.00. The Kier molecular flexibility index (Phi) is 5.74. The van der Waals surface area contributed by atoms with Crippen LogP contribution in [0.4, 0.5) is 11.4 Å². The van der Waals surface area contributed by atoms with E-state index in [1.54, 1.807) is 4.90 Å². The lowest BCUT2D eigenvalue weighted by Gasteiger charge is -2.31. The zero-order valence-corrected chi connectivity index (χ0v) is 18.4. The molecule has 0 aliphatic carbocycles. The van der Waals surface area contributed by atoms with Gasteiger partial charge in [-0.2, -0.15) is 0 Å². The summed E-state index contributed by atoms with van der Waals surface area (Å²) in [5.41, 5.74) is 2.61. The number of anilines is 2. The molecular formula is C25H29N3O4. The molecule has 168 valence electrons. The summed E-state index contributed by atoms with van der Waals surface area (Å²) in [6.07, 6.45) is 3.20. The number of nitrogens with one attached hydrogen (secondary N) is 1. The van der Waals surface area contributed by atoms with Gasteiger partial charge in [0.05, 0.1) is 31.1 Å². The van der Waals surface area contributed by atoms with E-state index in [-0.39, 0.29) is 30.3 Å². The molecule has 0 bridgehead atoms. The number of rotatable bonds is 3. The Morgan fingerprint density at radius 2 is 1.91 bits per heavy atom. The van der Waals surface area contributed by atoms with Gasteiger partial charge in [-0.25, -0.2) is 0 Å². The van der Waals surface area contributed by atoms with E-state index in [4.69, 9.17) is 9.47 Å². The van der Waals surface area contributed by atoms with Crippen LogP contribution >= 0.6 is 0 Å². The van der Waals surface area contributed by atoms with Crippen molar-refractivity contribution in [2.24, 2.45) is 0 Å². The van der Waals surface area contributed by atoms with Gasteiger partial charge in [0.25, 0.3) is 0 Å². The van der Waals surface area contributed by atoms with Crippen molar-refractivity contribution in [2.45, 2.75) is 44.7 Å². The van der Waals surface area contributed by atoms with Crippen molar-refractivity contribution in [3.05, 3.63) is 48.0 Å². The van der Waals surface area contributed by atoms with Gasteiger partial charge in [-0.1, -0.05) is 18.2 Å². The molecule has 5 rings (SSSR count). The van der Waals surface area contributed by atoms with E-state index in [9.17, 15) is 9.59 Å². The zero-order chi connectivity index (χ0) is 22.1. The lowest BCUT2D eigenvalue weighted by Crippen LogP contribution is -2.45. The van der Waals surface area contributed by atoms with Gasteiger partial charge >= 0.3 is 0 Å². The minimum Gasteiger partial charge on any atom is -0.490 e. The molecule has 32 heavy (non-hydrogen) atoms. The van der Waals surface area contributed by atoms with E-state index in [0.717, 1.165) is 48.6 Å². The summed E-state index contributed by atoms with van der Waals surface area (Å²) < 4.78 is 11.6. The van der Waals surface area contributed by atoms with Crippen molar-refractivity contribution >= 4 is 23.2 Å². The Bertz CT molecular complexity index is 1020. The quantitative estimate of drug-likeness (QED) is 0.795. The van der Waals surface area contributed by atoms with Crippen molar-refractivity contribution in [1.29, 1.82) is 0 Å². The fourth-order valence-corrected chi connectivity index (χ4v) is 5.00. The molecule has 2 amide bonds. The molecule has 2 atom stereocenters. The maximum Gasteiger partial charge on any atom is 0.241 e. The molecule has 2 aromatic carbocycles. The van der Waals surface area contributed by atoms with E-state index in [2.05, 4.69) is 22.3 Å². The van der Waals surface area contributed by atoms with Crippen LogP contribution in [0.5, 0.6) is 11.5 Å². The highest BCUT2D eigenvalue weighted by Gasteiger charge is 2.34. The van der Waals surface area contributed by atoms with Crippen LogP contribution in [0.2, 0.25) is 0 Å². The molecular weight excluding hydrogens is 406 g/mol. The van der Waals surface area contributed by atoms with Crippen LogP contribution < -0.4 is 19.7 Å². The minimum atomic E-state index is -0.203. The van der Waals surface area contributed by atoms with Gasteiger partial charge in [0.15, 0.2) is 11.5 Å². The number of hydrogen-bond donors (Lipinski definition) is 1. The molecule has 3 aliphatic heterocycles. The summed E-state index contributed by atoms with van der Waals surface area (Å²) >= 11 is 0.